The van der Waals surface area contributed by atoms with Crippen molar-refractivity contribution in [1.82, 2.24) is 9.80 Å². The molecule has 1 N–H and O–H groups in total. The first-order valence-electron chi connectivity index (χ1n) is 7.13. The van der Waals surface area contributed by atoms with Crippen molar-refractivity contribution < 1.29 is 5.11 Å². The Kier molecular flexibility index (Phi) is 4.11. The summed E-state index contributed by atoms with van der Waals surface area (Å²) in [7, 11) is 0. The highest BCUT2D eigenvalue weighted by Crippen LogP contribution is 2.26. The molecule has 2 atom stereocenters. The molecule has 0 amide bonds. The molecule has 0 radical (unpaired) electrons. The maximum atomic E-state index is 9.78. The van der Waals surface area contributed by atoms with Gasteiger partial charge in [0.15, 0.2) is 0 Å². The second-order valence-corrected chi connectivity index (χ2v) is 6.59. The molecule has 0 bridgehead atoms. The van der Waals surface area contributed by atoms with Gasteiger partial charge in [-0.3, -0.25) is 4.90 Å². The third kappa shape index (κ3) is 3.21. The van der Waals surface area contributed by atoms with Crippen LogP contribution in [0, 0.1) is 5.41 Å². The third-order valence-electron chi connectivity index (χ3n) is 4.67. The Morgan fingerprint density at radius 3 is 2.47 bits per heavy atom. The number of likely N-dealkylation sites (tertiary alicyclic amines) is 2. The Hall–Kier alpha value is -0.120. The zero-order valence-electron chi connectivity index (χ0n) is 11.7. The average molecular weight is 240 g/mol. The van der Waals surface area contributed by atoms with Crippen molar-refractivity contribution in [2.75, 3.05) is 32.7 Å². The first kappa shape index (κ1) is 13.3. The summed E-state index contributed by atoms with van der Waals surface area (Å²) >= 11 is 0. The lowest BCUT2D eigenvalue weighted by atomic mass is 9.87. The fraction of sp³-hybridized carbons (Fsp3) is 1.00. The molecule has 0 aliphatic carbocycles. The molecule has 3 heteroatoms. The summed E-state index contributed by atoms with van der Waals surface area (Å²) in [4.78, 5) is 5.20. The summed E-state index contributed by atoms with van der Waals surface area (Å²) in [5.74, 6) is 0. The summed E-state index contributed by atoms with van der Waals surface area (Å²) in [5.41, 5.74) is 0.0138. The van der Waals surface area contributed by atoms with Gasteiger partial charge in [0.25, 0.3) is 0 Å². The number of aliphatic hydroxyl groups is 1. The molecular formula is C14H28N2O. The van der Waals surface area contributed by atoms with Gasteiger partial charge in [-0.1, -0.05) is 13.8 Å². The Labute approximate surface area is 106 Å². The quantitative estimate of drug-likeness (QED) is 0.808. The van der Waals surface area contributed by atoms with E-state index in [4.69, 9.17) is 0 Å². The van der Waals surface area contributed by atoms with Crippen LogP contribution in [0.2, 0.25) is 0 Å². The van der Waals surface area contributed by atoms with E-state index in [9.17, 15) is 5.11 Å². The van der Waals surface area contributed by atoms with Crippen LogP contribution in [-0.2, 0) is 0 Å². The summed E-state index contributed by atoms with van der Waals surface area (Å²) in [6, 6.07) is 0.780. The van der Waals surface area contributed by atoms with Crippen molar-refractivity contribution in [3.8, 4) is 0 Å². The zero-order chi connectivity index (χ0) is 12.5. The van der Waals surface area contributed by atoms with Crippen molar-refractivity contribution >= 4 is 0 Å². The van der Waals surface area contributed by atoms with Crippen molar-refractivity contribution in [1.29, 1.82) is 0 Å². The van der Waals surface area contributed by atoms with Crippen LogP contribution in [0.25, 0.3) is 0 Å². The highest BCUT2D eigenvalue weighted by Gasteiger charge is 2.33. The molecule has 2 saturated heterocycles. The molecule has 17 heavy (non-hydrogen) atoms. The lowest BCUT2D eigenvalue weighted by molar-refractivity contribution is 0.0387. The van der Waals surface area contributed by atoms with E-state index < -0.39 is 0 Å². The molecule has 0 aromatic carbocycles. The van der Waals surface area contributed by atoms with Crippen LogP contribution in [0.1, 0.15) is 40.0 Å². The second-order valence-electron chi connectivity index (χ2n) is 6.59. The van der Waals surface area contributed by atoms with Crippen LogP contribution in [0.4, 0.5) is 0 Å². The van der Waals surface area contributed by atoms with Gasteiger partial charge in [0.1, 0.15) is 0 Å². The number of nitrogens with zero attached hydrogens (tertiary/aromatic N) is 2. The SMILES string of the molecule is CC(O)C(C)(C)CN1CCC(N2CCCC2)C1. The van der Waals surface area contributed by atoms with E-state index >= 15 is 0 Å². The van der Waals surface area contributed by atoms with Crippen molar-refractivity contribution in [3.63, 3.8) is 0 Å². The Morgan fingerprint density at radius 2 is 1.88 bits per heavy atom. The van der Waals surface area contributed by atoms with E-state index in [1.54, 1.807) is 0 Å². The molecule has 2 aliphatic heterocycles. The van der Waals surface area contributed by atoms with E-state index in [1.165, 1.54) is 45.4 Å². The van der Waals surface area contributed by atoms with Gasteiger partial charge < -0.3 is 10.0 Å². The van der Waals surface area contributed by atoms with Gasteiger partial charge >= 0.3 is 0 Å². The van der Waals surface area contributed by atoms with E-state index in [0.29, 0.717) is 0 Å². The van der Waals surface area contributed by atoms with Crippen LogP contribution in [0.5, 0.6) is 0 Å². The molecule has 2 heterocycles. The summed E-state index contributed by atoms with van der Waals surface area (Å²) in [6.45, 7) is 12.3. The van der Waals surface area contributed by atoms with Crippen molar-refractivity contribution in [2.45, 2.75) is 52.2 Å². The largest absolute Gasteiger partial charge is 0.393 e. The second kappa shape index (κ2) is 5.25. The number of hydrogen-bond donors (Lipinski definition) is 1. The highest BCUT2D eigenvalue weighted by molar-refractivity contribution is 4.88. The van der Waals surface area contributed by atoms with Gasteiger partial charge in [-0.05, 0) is 45.8 Å². The fourth-order valence-electron chi connectivity index (χ4n) is 3.07. The van der Waals surface area contributed by atoms with E-state index in [2.05, 4.69) is 23.6 Å². The van der Waals surface area contributed by atoms with Gasteiger partial charge in [0.2, 0.25) is 0 Å². The number of aliphatic hydroxyl groups excluding tert-OH is 1. The molecule has 0 aromatic heterocycles. The van der Waals surface area contributed by atoms with Crippen LogP contribution >= 0.6 is 0 Å². The minimum atomic E-state index is -0.228. The van der Waals surface area contributed by atoms with E-state index in [1.807, 2.05) is 6.92 Å². The van der Waals surface area contributed by atoms with Gasteiger partial charge in [0.05, 0.1) is 6.10 Å². The average Bonchev–Trinajstić information content (AvgIpc) is 2.85. The predicted octanol–water partition coefficient (Wildman–Crippen LogP) is 1.56. The van der Waals surface area contributed by atoms with Crippen molar-refractivity contribution in [2.24, 2.45) is 5.41 Å². The molecule has 0 aromatic rings. The maximum Gasteiger partial charge on any atom is 0.0575 e. The molecule has 2 aliphatic rings. The van der Waals surface area contributed by atoms with Crippen molar-refractivity contribution in [3.05, 3.63) is 0 Å². The van der Waals surface area contributed by atoms with Gasteiger partial charge in [-0.15, -0.1) is 0 Å². The first-order chi connectivity index (χ1) is 7.99. The smallest absolute Gasteiger partial charge is 0.0575 e. The van der Waals surface area contributed by atoms with Gasteiger partial charge in [-0.2, -0.15) is 0 Å². The molecule has 2 fully saturated rings. The van der Waals surface area contributed by atoms with Gasteiger partial charge in [-0.25, -0.2) is 0 Å². The Bertz CT molecular complexity index is 247. The first-order valence-corrected chi connectivity index (χ1v) is 7.13. The molecular weight excluding hydrogens is 212 g/mol. The van der Waals surface area contributed by atoms with Gasteiger partial charge in [0, 0.05) is 24.5 Å². The van der Waals surface area contributed by atoms with Crippen LogP contribution < -0.4 is 0 Å². The third-order valence-corrected chi connectivity index (χ3v) is 4.67. The highest BCUT2D eigenvalue weighted by atomic mass is 16.3. The lowest BCUT2D eigenvalue weighted by Gasteiger charge is -2.33. The summed E-state index contributed by atoms with van der Waals surface area (Å²) < 4.78 is 0. The van der Waals surface area contributed by atoms with Crippen LogP contribution in [0.15, 0.2) is 0 Å². The molecule has 0 saturated carbocycles. The summed E-state index contributed by atoms with van der Waals surface area (Å²) in [6.07, 6.45) is 3.86. The molecule has 2 rings (SSSR count). The zero-order valence-corrected chi connectivity index (χ0v) is 11.7. The standard InChI is InChI=1S/C14H28N2O/c1-12(17)14(2,3)11-15-9-6-13(10-15)16-7-4-5-8-16/h12-13,17H,4-11H2,1-3H3. The molecule has 3 nitrogen and oxygen atoms in total. The molecule has 100 valence electrons. The number of hydrogen-bond acceptors (Lipinski definition) is 3. The topological polar surface area (TPSA) is 26.7 Å². The van der Waals surface area contributed by atoms with E-state index in [-0.39, 0.29) is 11.5 Å². The Balaban J connectivity index is 1.81. The predicted molar refractivity (Wildman–Crippen MR) is 71.1 cm³/mol. The number of rotatable bonds is 4. The minimum absolute atomic E-state index is 0.0138. The molecule has 0 spiro atoms. The lowest BCUT2D eigenvalue weighted by Crippen LogP contribution is -2.41. The van der Waals surface area contributed by atoms with Crippen LogP contribution in [0.3, 0.4) is 0 Å². The van der Waals surface area contributed by atoms with Crippen LogP contribution in [-0.4, -0.2) is 59.8 Å². The molecule has 2 unspecified atom stereocenters. The maximum absolute atomic E-state index is 9.78. The monoisotopic (exact) mass is 240 g/mol. The Morgan fingerprint density at radius 1 is 1.24 bits per heavy atom. The van der Waals surface area contributed by atoms with E-state index in [0.717, 1.165) is 12.6 Å². The fourth-order valence-corrected chi connectivity index (χ4v) is 3.07. The normalized spacial score (nSPS) is 30.0. The summed E-state index contributed by atoms with van der Waals surface area (Å²) in [5, 5.41) is 9.78. The minimum Gasteiger partial charge on any atom is -0.393 e.